The number of nitrogens with one attached hydrogen (secondary N) is 1. The van der Waals surface area contributed by atoms with E-state index in [1.54, 1.807) is 0 Å². The van der Waals surface area contributed by atoms with E-state index in [1.807, 2.05) is 0 Å². The first-order chi connectivity index (χ1) is 11.3. The number of fused-ring (bicyclic) bond motifs is 1. The van der Waals surface area contributed by atoms with E-state index in [2.05, 4.69) is 63.7 Å². The van der Waals surface area contributed by atoms with Crippen molar-refractivity contribution in [3.63, 3.8) is 0 Å². The van der Waals surface area contributed by atoms with Gasteiger partial charge < -0.3 is 19.1 Å². The van der Waals surface area contributed by atoms with Gasteiger partial charge in [-0.3, -0.25) is 0 Å². The second-order valence-electron chi connectivity index (χ2n) is 8.13. The summed E-state index contributed by atoms with van der Waals surface area (Å²) < 4.78 is 12.3. The summed E-state index contributed by atoms with van der Waals surface area (Å²) in [4.78, 5) is 10.7. The summed E-state index contributed by atoms with van der Waals surface area (Å²) in [6.45, 7) is 9.46. The van der Waals surface area contributed by atoms with Crippen LogP contribution in [0.2, 0.25) is 0 Å². The predicted molar refractivity (Wildman–Crippen MR) is 99.0 cm³/mol. The van der Waals surface area contributed by atoms with Crippen molar-refractivity contribution >= 4 is 31.6 Å². The molecule has 2 aliphatic rings. The van der Waals surface area contributed by atoms with Gasteiger partial charge in [0.05, 0.1) is 28.3 Å². The van der Waals surface area contributed by atoms with Gasteiger partial charge in [-0.05, 0) is 64.7 Å². The van der Waals surface area contributed by atoms with Gasteiger partial charge in [-0.1, -0.05) is 6.07 Å². The minimum absolute atomic E-state index is 0.321. The molecule has 2 aliphatic heterocycles. The highest BCUT2D eigenvalue weighted by Gasteiger charge is 2.51. The van der Waals surface area contributed by atoms with Gasteiger partial charge in [-0.15, -0.1) is 0 Å². The van der Waals surface area contributed by atoms with E-state index in [4.69, 9.17) is 14.3 Å². The molecule has 0 radical (unpaired) electrons. The highest BCUT2D eigenvalue weighted by molar-refractivity contribution is 6.62. The lowest BCUT2D eigenvalue weighted by atomic mass is 9.79. The maximum absolute atomic E-state index is 6.16. The van der Waals surface area contributed by atoms with E-state index in [0.29, 0.717) is 6.04 Å². The fraction of sp³-hybridized carbons (Fsp3) is 0.588. The topological polar surface area (TPSA) is 50.4 Å². The Kier molecular flexibility index (Phi) is 3.61. The van der Waals surface area contributed by atoms with Crippen molar-refractivity contribution in [1.82, 2.24) is 14.8 Å². The van der Waals surface area contributed by atoms with E-state index in [9.17, 15) is 0 Å². The Bertz CT molecular complexity index is 758. The Morgan fingerprint density at radius 1 is 1.25 bits per heavy atom. The summed E-state index contributed by atoms with van der Waals surface area (Å²) >= 11 is 0. The Balaban J connectivity index is 1.64. The molecule has 0 aliphatic carbocycles. The number of benzene rings is 1. The quantitative estimate of drug-likeness (QED) is 0.852. The van der Waals surface area contributed by atoms with Gasteiger partial charge >= 0.3 is 7.12 Å². The number of aromatic amines is 1. The average Bonchev–Trinajstić information content (AvgIpc) is 3.14. The van der Waals surface area contributed by atoms with Gasteiger partial charge in [-0.25, -0.2) is 4.98 Å². The van der Waals surface area contributed by atoms with Gasteiger partial charge in [-0.2, -0.15) is 0 Å². The molecular weight excluding hydrogens is 300 g/mol. The summed E-state index contributed by atoms with van der Waals surface area (Å²) in [7, 11) is 1.83. The summed E-state index contributed by atoms with van der Waals surface area (Å²) in [6.07, 6.45) is 2.40. The van der Waals surface area contributed by atoms with Gasteiger partial charge in [0.15, 0.2) is 7.98 Å². The van der Waals surface area contributed by atoms with Crippen LogP contribution in [0.3, 0.4) is 0 Å². The van der Waals surface area contributed by atoms with Crippen LogP contribution < -0.4 is 5.46 Å². The molecule has 2 fully saturated rings. The Labute approximate surface area is 144 Å². The molecule has 2 aromatic rings. The number of aromatic nitrogens is 2. The van der Waals surface area contributed by atoms with Crippen molar-refractivity contribution in [2.45, 2.75) is 57.8 Å². The Hall–Kier alpha value is -1.30. The fourth-order valence-corrected chi connectivity index (χ4v) is 3.59. The monoisotopic (exact) mass is 325 g/mol. The van der Waals surface area contributed by atoms with Crippen LogP contribution in [0.15, 0.2) is 18.2 Å². The third-order valence-electron chi connectivity index (χ3n) is 5.89. The lowest BCUT2D eigenvalue weighted by Gasteiger charge is -2.32. The minimum Gasteiger partial charge on any atom is -0.399 e. The van der Waals surface area contributed by atoms with Gasteiger partial charge in [0.2, 0.25) is 0 Å². The Morgan fingerprint density at radius 2 is 1.96 bits per heavy atom. The zero-order valence-electron chi connectivity index (χ0n) is 15.2. The molecule has 4 rings (SSSR count). The fourth-order valence-electron chi connectivity index (χ4n) is 3.59. The second-order valence-corrected chi connectivity index (χ2v) is 8.13. The maximum Gasteiger partial charge on any atom is 0.494 e. The van der Waals surface area contributed by atoms with Crippen LogP contribution in [0.1, 0.15) is 52.4 Å². The molecule has 126 valence electrons. The molecule has 1 aromatic carbocycles. The molecule has 0 amide bonds. The zero-order valence-corrected chi connectivity index (χ0v) is 15.2. The van der Waals surface area contributed by atoms with Crippen molar-refractivity contribution in [1.29, 1.82) is 0 Å². The molecule has 5 nitrogen and oxygen atoms in total. The molecule has 3 heterocycles. The summed E-state index contributed by atoms with van der Waals surface area (Å²) in [5.41, 5.74) is 2.45. The van der Waals surface area contributed by atoms with Gasteiger partial charge in [0.1, 0.15) is 5.82 Å². The maximum atomic E-state index is 6.16. The lowest BCUT2D eigenvalue weighted by Crippen LogP contribution is -2.41. The molecule has 0 bridgehead atoms. The highest BCUT2D eigenvalue weighted by atomic mass is 16.7. The summed E-state index contributed by atoms with van der Waals surface area (Å²) in [6, 6.07) is 6.64. The molecule has 1 aromatic heterocycles. The number of rotatable bonds is 2. The van der Waals surface area contributed by atoms with E-state index >= 15 is 0 Å². The van der Waals surface area contributed by atoms with Crippen molar-refractivity contribution in [3.8, 4) is 0 Å². The zero-order chi connectivity index (χ0) is 17.1. The van der Waals surface area contributed by atoms with Crippen molar-refractivity contribution in [3.05, 3.63) is 24.0 Å². The molecule has 7 heteroatoms. The van der Waals surface area contributed by atoms with E-state index in [-0.39, 0.29) is 18.3 Å². The third kappa shape index (κ3) is 2.50. The van der Waals surface area contributed by atoms with Crippen LogP contribution in [0.4, 0.5) is 0 Å². The number of H-pyrrole nitrogens is 1. The van der Waals surface area contributed by atoms with Crippen LogP contribution in [-0.2, 0) is 9.31 Å². The summed E-state index contributed by atoms with van der Waals surface area (Å²) in [5, 5.41) is 0. The largest absolute Gasteiger partial charge is 0.494 e. The number of imidazole rings is 1. The third-order valence-corrected chi connectivity index (χ3v) is 5.89. The van der Waals surface area contributed by atoms with Crippen molar-refractivity contribution < 1.29 is 9.31 Å². The van der Waals surface area contributed by atoms with Crippen molar-refractivity contribution in [2.24, 2.45) is 0 Å². The minimum atomic E-state index is -0.333. The van der Waals surface area contributed by atoms with Crippen molar-refractivity contribution in [2.75, 3.05) is 6.54 Å². The molecule has 0 saturated carbocycles. The second kappa shape index (κ2) is 5.35. The normalized spacial score (nSPS) is 26.5. The summed E-state index contributed by atoms with van der Waals surface area (Å²) in [5.74, 6) is 1.07. The van der Waals surface area contributed by atoms with E-state index in [1.165, 1.54) is 12.8 Å². The van der Waals surface area contributed by atoms with Crippen LogP contribution >= 0.6 is 0 Å². The first-order valence-electron chi connectivity index (χ1n) is 8.82. The molecule has 0 spiro atoms. The standard InChI is InChI=1S/C17H25B2N3O2/c1-16(2)17(3,4)24-19(23-16)11-7-8-12-13(10-11)21-15(20-12)14-6-5-9-22(14)18/h7-8,10,14H,5-6,9,18H2,1-4H3,(H,20,21)/t14-/m0/s1. The molecular formula is C17H25B2N3O2. The van der Waals surface area contributed by atoms with Crippen LogP contribution in [0, 0.1) is 0 Å². The molecule has 0 unspecified atom stereocenters. The van der Waals surface area contributed by atoms with E-state index in [0.717, 1.165) is 28.9 Å². The molecule has 2 saturated heterocycles. The number of hydrogen-bond acceptors (Lipinski definition) is 4. The van der Waals surface area contributed by atoms with Crippen LogP contribution in [0.25, 0.3) is 11.0 Å². The SMILES string of the molecule is BN1CCC[C@H]1c1nc2ccc(B3OC(C)(C)C(C)(C)O3)cc2[nH]1. The lowest BCUT2D eigenvalue weighted by molar-refractivity contribution is 0.00578. The van der Waals surface area contributed by atoms with E-state index < -0.39 is 0 Å². The first kappa shape index (κ1) is 16.2. The highest BCUT2D eigenvalue weighted by Crippen LogP contribution is 2.36. The smallest absolute Gasteiger partial charge is 0.399 e. The Morgan fingerprint density at radius 3 is 2.58 bits per heavy atom. The number of hydrogen-bond donors (Lipinski definition) is 1. The number of nitrogens with zero attached hydrogens (tertiary/aromatic N) is 2. The van der Waals surface area contributed by atoms with Crippen LogP contribution in [-0.4, -0.2) is 47.6 Å². The molecule has 1 atom stereocenters. The van der Waals surface area contributed by atoms with Crippen LogP contribution in [0.5, 0.6) is 0 Å². The molecule has 24 heavy (non-hydrogen) atoms. The average molecular weight is 325 g/mol. The molecule has 1 N–H and O–H groups in total. The first-order valence-corrected chi connectivity index (χ1v) is 8.82. The van der Waals surface area contributed by atoms with Gasteiger partial charge in [0, 0.05) is 0 Å². The predicted octanol–water partition coefficient (Wildman–Crippen LogP) is 1.55. The van der Waals surface area contributed by atoms with Gasteiger partial charge in [0.25, 0.3) is 0 Å².